The van der Waals surface area contributed by atoms with E-state index in [0.29, 0.717) is 18.7 Å². The Morgan fingerprint density at radius 1 is 1.12 bits per heavy atom. The molecule has 1 heterocycles. The van der Waals surface area contributed by atoms with Crippen LogP contribution in [-0.4, -0.2) is 33.9 Å². The van der Waals surface area contributed by atoms with E-state index in [-0.39, 0.29) is 22.1 Å². The molecule has 8 heteroatoms. The molecular weight excluding hydrogens is 358 g/mol. The lowest BCUT2D eigenvalue weighted by Gasteiger charge is -2.16. The Hall–Kier alpha value is -2.87. The highest BCUT2D eigenvalue weighted by atomic mass is 32.2. The molecule has 136 valence electrons. The second kappa shape index (κ2) is 7.17. The molecule has 0 radical (unpaired) electrons. The maximum absolute atomic E-state index is 12.4. The van der Waals surface area contributed by atoms with Crippen molar-refractivity contribution >= 4 is 27.7 Å². The van der Waals surface area contributed by atoms with E-state index >= 15 is 0 Å². The lowest BCUT2D eigenvalue weighted by molar-refractivity contribution is -0.117. The van der Waals surface area contributed by atoms with Gasteiger partial charge in [-0.15, -0.1) is 0 Å². The van der Waals surface area contributed by atoms with Crippen molar-refractivity contribution in [3.8, 4) is 5.75 Å². The normalized spacial score (nSPS) is 14.3. The van der Waals surface area contributed by atoms with E-state index in [1.54, 1.807) is 17.0 Å². The van der Waals surface area contributed by atoms with Crippen LogP contribution in [0.1, 0.15) is 23.2 Å². The van der Waals surface area contributed by atoms with Gasteiger partial charge >= 0.3 is 16.1 Å². The average molecular weight is 375 g/mol. The Morgan fingerprint density at radius 3 is 2.46 bits per heavy atom. The van der Waals surface area contributed by atoms with Crippen molar-refractivity contribution in [1.82, 2.24) is 0 Å². The number of rotatable bonds is 5. The highest BCUT2D eigenvalue weighted by Gasteiger charge is 2.22. The second-order valence-electron chi connectivity index (χ2n) is 5.70. The molecule has 0 unspecified atom stereocenters. The van der Waals surface area contributed by atoms with Crippen molar-refractivity contribution < 1.29 is 26.9 Å². The van der Waals surface area contributed by atoms with Crippen molar-refractivity contribution in [3.05, 3.63) is 54.1 Å². The van der Waals surface area contributed by atoms with E-state index in [4.69, 9.17) is 4.18 Å². The summed E-state index contributed by atoms with van der Waals surface area (Å²) in [5.41, 5.74) is 0.810. The molecule has 0 N–H and O–H groups in total. The van der Waals surface area contributed by atoms with Gasteiger partial charge in [-0.1, -0.05) is 6.07 Å². The van der Waals surface area contributed by atoms with Crippen molar-refractivity contribution in [1.29, 1.82) is 0 Å². The average Bonchev–Trinajstić information content (AvgIpc) is 3.07. The lowest BCUT2D eigenvalue weighted by Crippen LogP contribution is -2.23. The number of hydrogen-bond acceptors (Lipinski definition) is 6. The summed E-state index contributed by atoms with van der Waals surface area (Å²) in [6, 6.07) is 11.7. The van der Waals surface area contributed by atoms with E-state index in [2.05, 4.69) is 4.74 Å². The van der Waals surface area contributed by atoms with Gasteiger partial charge in [0.15, 0.2) is 0 Å². The van der Waals surface area contributed by atoms with Gasteiger partial charge < -0.3 is 13.8 Å². The molecule has 2 aromatic rings. The topological polar surface area (TPSA) is 90.0 Å². The SMILES string of the molecule is COC(=O)c1cccc(S(=O)(=O)Oc2ccc(N3CCCC3=O)cc2)c1. The third-order valence-electron chi connectivity index (χ3n) is 3.97. The van der Waals surface area contributed by atoms with E-state index in [0.717, 1.165) is 6.42 Å². The molecule has 7 nitrogen and oxygen atoms in total. The van der Waals surface area contributed by atoms with E-state index < -0.39 is 16.1 Å². The summed E-state index contributed by atoms with van der Waals surface area (Å²) in [5, 5.41) is 0. The van der Waals surface area contributed by atoms with Crippen molar-refractivity contribution in [2.75, 3.05) is 18.6 Å². The number of anilines is 1. The molecule has 1 aliphatic rings. The zero-order valence-electron chi connectivity index (χ0n) is 14.0. The number of methoxy groups -OCH3 is 1. The van der Waals surface area contributed by atoms with Gasteiger partial charge in [0.2, 0.25) is 5.91 Å². The predicted octanol–water partition coefficient (Wildman–Crippen LogP) is 2.37. The summed E-state index contributed by atoms with van der Waals surface area (Å²) in [6.45, 7) is 0.650. The number of nitrogens with zero attached hydrogens (tertiary/aromatic N) is 1. The predicted molar refractivity (Wildman–Crippen MR) is 93.6 cm³/mol. The molecule has 0 atom stereocenters. The van der Waals surface area contributed by atoms with Crippen molar-refractivity contribution in [3.63, 3.8) is 0 Å². The largest absolute Gasteiger partial charge is 0.465 e. The van der Waals surface area contributed by atoms with Crippen LogP contribution in [0.2, 0.25) is 0 Å². The quantitative estimate of drug-likeness (QED) is 0.589. The first kappa shape index (κ1) is 17.9. The molecule has 1 fully saturated rings. The summed E-state index contributed by atoms with van der Waals surface area (Å²) in [7, 11) is -2.89. The Kier molecular flexibility index (Phi) is 4.94. The first-order valence-electron chi connectivity index (χ1n) is 7.94. The van der Waals surface area contributed by atoms with Crippen LogP contribution in [-0.2, 0) is 19.6 Å². The van der Waals surface area contributed by atoms with Gasteiger partial charge in [-0.3, -0.25) is 4.79 Å². The van der Waals surface area contributed by atoms with Crippen LogP contribution in [0.3, 0.4) is 0 Å². The monoisotopic (exact) mass is 375 g/mol. The fourth-order valence-electron chi connectivity index (χ4n) is 2.67. The summed E-state index contributed by atoms with van der Waals surface area (Å²) in [5.74, 6) is -0.475. The molecular formula is C18H17NO6S. The zero-order chi connectivity index (χ0) is 18.7. The summed E-state index contributed by atoms with van der Waals surface area (Å²) < 4.78 is 34.5. The summed E-state index contributed by atoms with van der Waals surface area (Å²) >= 11 is 0. The number of ether oxygens (including phenoxy) is 1. The van der Waals surface area contributed by atoms with E-state index in [1.807, 2.05) is 0 Å². The molecule has 1 saturated heterocycles. The molecule has 26 heavy (non-hydrogen) atoms. The third-order valence-corrected chi connectivity index (χ3v) is 5.21. The number of benzene rings is 2. The van der Waals surface area contributed by atoms with Crippen LogP contribution in [0.5, 0.6) is 5.75 Å². The molecule has 1 amide bonds. The fourth-order valence-corrected chi connectivity index (χ4v) is 3.65. The van der Waals surface area contributed by atoms with Crippen LogP contribution in [0, 0.1) is 0 Å². The number of carbonyl (C=O) groups is 2. The maximum Gasteiger partial charge on any atom is 0.339 e. The van der Waals surface area contributed by atoms with Gasteiger partial charge in [-0.2, -0.15) is 8.42 Å². The van der Waals surface area contributed by atoms with Crippen LogP contribution in [0.4, 0.5) is 5.69 Å². The molecule has 2 aromatic carbocycles. The maximum atomic E-state index is 12.4. The molecule has 1 aliphatic heterocycles. The van der Waals surface area contributed by atoms with Crippen LogP contribution >= 0.6 is 0 Å². The number of esters is 1. The molecule has 3 rings (SSSR count). The molecule has 0 saturated carbocycles. The first-order chi connectivity index (χ1) is 12.4. The first-order valence-corrected chi connectivity index (χ1v) is 9.35. The Labute approximate surface area is 151 Å². The molecule has 0 bridgehead atoms. The third kappa shape index (κ3) is 3.70. The van der Waals surface area contributed by atoms with Crippen molar-refractivity contribution in [2.24, 2.45) is 0 Å². The summed E-state index contributed by atoms with van der Waals surface area (Å²) in [6.07, 6.45) is 1.32. The van der Waals surface area contributed by atoms with E-state index in [9.17, 15) is 18.0 Å². The van der Waals surface area contributed by atoms with Gasteiger partial charge in [0.25, 0.3) is 0 Å². The standard InChI is InChI=1S/C18H17NO6S/c1-24-18(21)13-4-2-5-16(12-13)26(22,23)25-15-9-7-14(8-10-15)19-11-3-6-17(19)20/h2,4-5,7-10,12H,3,6,11H2,1H3. The number of hydrogen-bond donors (Lipinski definition) is 0. The summed E-state index contributed by atoms with van der Waals surface area (Å²) in [4.78, 5) is 24.8. The molecule has 0 spiro atoms. The van der Waals surface area contributed by atoms with Gasteiger partial charge in [0.1, 0.15) is 10.6 Å². The van der Waals surface area contributed by atoms with E-state index in [1.165, 1.54) is 43.5 Å². The Balaban J connectivity index is 1.79. The van der Waals surface area contributed by atoms with Crippen LogP contribution < -0.4 is 9.08 Å². The Bertz CT molecular complexity index is 936. The minimum absolute atomic E-state index is 0.0471. The minimum atomic E-state index is -4.11. The van der Waals surface area contributed by atoms with Gasteiger partial charge in [-0.25, -0.2) is 4.79 Å². The molecule has 0 aliphatic carbocycles. The minimum Gasteiger partial charge on any atom is -0.465 e. The highest BCUT2D eigenvalue weighted by molar-refractivity contribution is 7.87. The smallest absolute Gasteiger partial charge is 0.339 e. The zero-order valence-corrected chi connectivity index (χ0v) is 14.9. The number of amides is 1. The number of carbonyl (C=O) groups excluding carboxylic acids is 2. The van der Waals surface area contributed by atoms with Crippen LogP contribution in [0.25, 0.3) is 0 Å². The van der Waals surface area contributed by atoms with Gasteiger partial charge in [0, 0.05) is 18.7 Å². The van der Waals surface area contributed by atoms with Crippen molar-refractivity contribution in [2.45, 2.75) is 17.7 Å². The molecule has 0 aromatic heterocycles. The van der Waals surface area contributed by atoms with Crippen LogP contribution in [0.15, 0.2) is 53.4 Å². The fraction of sp³-hybridized carbons (Fsp3) is 0.222. The highest BCUT2D eigenvalue weighted by Crippen LogP contribution is 2.26. The van der Waals surface area contributed by atoms with Gasteiger partial charge in [-0.05, 0) is 48.9 Å². The second-order valence-corrected chi connectivity index (χ2v) is 7.25. The Morgan fingerprint density at radius 2 is 1.85 bits per heavy atom. The van der Waals surface area contributed by atoms with Gasteiger partial charge in [0.05, 0.1) is 12.7 Å². The lowest BCUT2D eigenvalue weighted by atomic mass is 10.2.